The Kier molecular flexibility index (Phi) is 4.36. The molecule has 17 heavy (non-hydrogen) atoms. The molecule has 0 aliphatic carbocycles. The van der Waals surface area contributed by atoms with E-state index in [-0.39, 0.29) is 0 Å². The molecular weight excluding hydrogens is 230 g/mol. The number of hydrogen-bond acceptors (Lipinski definition) is 2. The highest BCUT2D eigenvalue weighted by Gasteiger charge is 2.04. The van der Waals surface area contributed by atoms with E-state index < -0.39 is 11.2 Å². The van der Waals surface area contributed by atoms with Gasteiger partial charge in [0.05, 0.1) is 0 Å². The van der Waals surface area contributed by atoms with Gasteiger partial charge in [-0.15, -0.1) is 0 Å². The zero-order valence-electron chi connectivity index (χ0n) is 9.32. The molecule has 0 spiro atoms. The van der Waals surface area contributed by atoms with Crippen molar-refractivity contribution in [3.05, 3.63) is 71.9 Å². The predicted molar refractivity (Wildman–Crippen MR) is 69.9 cm³/mol. The van der Waals surface area contributed by atoms with E-state index in [0.29, 0.717) is 6.42 Å². The van der Waals surface area contributed by atoms with E-state index >= 15 is 0 Å². The van der Waals surface area contributed by atoms with Gasteiger partial charge in [0.25, 0.3) is 0 Å². The van der Waals surface area contributed by atoms with E-state index in [9.17, 15) is 4.55 Å². The van der Waals surface area contributed by atoms with Gasteiger partial charge in [-0.25, -0.2) is 0 Å². The summed E-state index contributed by atoms with van der Waals surface area (Å²) in [5.74, 6) is 0. The minimum absolute atomic E-state index is 0.708. The average Bonchev–Trinajstić information content (AvgIpc) is 2.41. The van der Waals surface area contributed by atoms with Crippen molar-refractivity contribution in [1.82, 2.24) is 4.98 Å². The SMILES string of the molecule is [O-][S+](C=CCc1ccccn1)c1ccccc1. The third kappa shape index (κ3) is 3.73. The Balaban J connectivity index is 1.93. The van der Waals surface area contributed by atoms with Crippen LogP contribution >= 0.6 is 0 Å². The highest BCUT2D eigenvalue weighted by molar-refractivity contribution is 7.94. The summed E-state index contributed by atoms with van der Waals surface area (Å²) in [7, 11) is 0. The molecule has 1 unspecified atom stereocenters. The van der Waals surface area contributed by atoms with Gasteiger partial charge in [-0.05, 0) is 30.3 Å². The molecule has 2 aromatic rings. The van der Waals surface area contributed by atoms with Crippen LogP contribution in [0.2, 0.25) is 0 Å². The van der Waals surface area contributed by atoms with Gasteiger partial charge in [0.2, 0.25) is 0 Å². The van der Waals surface area contributed by atoms with Crippen LogP contribution in [0.5, 0.6) is 0 Å². The molecule has 2 rings (SSSR count). The van der Waals surface area contributed by atoms with Crippen molar-refractivity contribution in [2.75, 3.05) is 0 Å². The maximum Gasteiger partial charge on any atom is 0.157 e. The Morgan fingerprint density at radius 1 is 1.06 bits per heavy atom. The highest BCUT2D eigenvalue weighted by atomic mass is 32.2. The standard InChI is InChI=1S/C14H13NOS/c16-17(14-9-2-1-3-10-14)12-6-8-13-7-4-5-11-15-13/h1-7,9-12H,8H2. The monoisotopic (exact) mass is 243 g/mol. The summed E-state index contributed by atoms with van der Waals surface area (Å²) in [5.41, 5.74) is 0.980. The Morgan fingerprint density at radius 3 is 2.53 bits per heavy atom. The topological polar surface area (TPSA) is 36.0 Å². The van der Waals surface area contributed by atoms with Crippen LogP contribution in [0.4, 0.5) is 0 Å². The first-order chi connectivity index (χ1) is 8.36. The fourth-order valence-electron chi connectivity index (χ4n) is 1.41. The van der Waals surface area contributed by atoms with Crippen LogP contribution in [0.25, 0.3) is 0 Å². The minimum Gasteiger partial charge on any atom is -0.607 e. The molecule has 1 aromatic heterocycles. The number of rotatable bonds is 4. The van der Waals surface area contributed by atoms with Crippen LogP contribution in [-0.4, -0.2) is 9.54 Å². The fourth-order valence-corrected chi connectivity index (χ4v) is 2.26. The lowest BCUT2D eigenvalue weighted by Crippen LogP contribution is -1.96. The molecule has 1 atom stereocenters. The smallest absolute Gasteiger partial charge is 0.157 e. The van der Waals surface area contributed by atoms with Crippen LogP contribution in [0.1, 0.15) is 5.69 Å². The molecule has 0 fully saturated rings. The molecule has 0 aliphatic rings. The highest BCUT2D eigenvalue weighted by Crippen LogP contribution is 2.11. The van der Waals surface area contributed by atoms with Crippen molar-refractivity contribution < 1.29 is 4.55 Å². The van der Waals surface area contributed by atoms with Gasteiger partial charge < -0.3 is 4.55 Å². The van der Waals surface area contributed by atoms with E-state index in [1.807, 2.05) is 54.6 Å². The van der Waals surface area contributed by atoms with Crippen molar-refractivity contribution in [2.45, 2.75) is 11.3 Å². The lowest BCUT2D eigenvalue weighted by atomic mass is 10.3. The number of pyridine rings is 1. The molecule has 1 heterocycles. The maximum atomic E-state index is 11.8. The Bertz CT molecular complexity index is 470. The van der Waals surface area contributed by atoms with Gasteiger partial charge >= 0.3 is 0 Å². The molecular formula is C14H13NOS. The molecule has 0 N–H and O–H groups in total. The van der Waals surface area contributed by atoms with Crippen LogP contribution in [0, 0.1) is 0 Å². The number of allylic oxidation sites excluding steroid dienone is 1. The lowest BCUT2D eigenvalue weighted by Gasteiger charge is -2.03. The van der Waals surface area contributed by atoms with Gasteiger partial charge in [-0.3, -0.25) is 4.98 Å². The van der Waals surface area contributed by atoms with E-state index in [1.54, 1.807) is 11.6 Å². The largest absolute Gasteiger partial charge is 0.607 e. The third-order valence-corrected chi connectivity index (χ3v) is 3.42. The summed E-state index contributed by atoms with van der Waals surface area (Å²) in [6.07, 6.45) is 4.36. The molecule has 0 bridgehead atoms. The molecule has 0 aliphatic heterocycles. The first kappa shape index (κ1) is 11.9. The quantitative estimate of drug-likeness (QED) is 0.774. The number of hydrogen-bond donors (Lipinski definition) is 0. The average molecular weight is 243 g/mol. The van der Waals surface area contributed by atoms with Crippen molar-refractivity contribution in [3.8, 4) is 0 Å². The second kappa shape index (κ2) is 6.23. The summed E-state index contributed by atoms with van der Waals surface area (Å²) in [4.78, 5) is 5.02. The zero-order chi connectivity index (χ0) is 11.9. The molecule has 1 aromatic carbocycles. The molecule has 0 saturated heterocycles. The van der Waals surface area contributed by atoms with E-state index in [0.717, 1.165) is 10.6 Å². The number of benzene rings is 1. The first-order valence-corrected chi connectivity index (χ1v) is 6.60. The van der Waals surface area contributed by atoms with Crippen molar-refractivity contribution in [2.24, 2.45) is 0 Å². The summed E-state index contributed by atoms with van der Waals surface area (Å²) in [6.45, 7) is 0. The molecule has 86 valence electrons. The zero-order valence-corrected chi connectivity index (χ0v) is 10.1. The van der Waals surface area contributed by atoms with Crippen LogP contribution in [0.3, 0.4) is 0 Å². The van der Waals surface area contributed by atoms with Crippen LogP contribution in [-0.2, 0) is 17.6 Å². The second-order valence-corrected chi connectivity index (χ2v) is 4.85. The van der Waals surface area contributed by atoms with Gasteiger partial charge in [-0.1, -0.05) is 24.3 Å². The summed E-state index contributed by atoms with van der Waals surface area (Å²) in [6, 6.07) is 15.2. The van der Waals surface area contributed by atoms with E-state index in [4.69, 9.17) is 0 Å². The summed E-state index contributed by atoms with van der Waals surface area (Å²) in [5, 5.41) is 1.71. The van der Waals surface area contributed by atoms with Crippen molar-refractivity contribution >= 4 is 11.2 Å². The summed E-state index contributed by atoms with van der Waals surface area (Å²) < 4.78 is 11.8. The molecule has 0 radical (unpaired) electrons. The van der Waals surface area contributed by atoms with Crippen molar-refractivity contribution in [1.29, 1.82) is 0 Å². The van der Waals surface area contributed by atoms with Gasteiger partial charge in [0, 0.05) is 29.5 Å². The molecule has 0 saturated carbocycles. The van der Waals surface area contributed by atoms with Crippen LogP contribution < -0.4 is 0 Å². The normalized spacial score (nSPS) is 12.8. The predicted octanol–water partition coefficient (Wildman–Crippen LogP) is 2.95. The summed E-state index contributed by atoms with van der Waals surface area (Å²) >= 11 is -1.07. The number of nitrogens with zero attached hydrogens (tertiary/aromatic N) is 1. The van der Waals surface area contributed by atoms with E-state index in [2.05, 4.69) is 4.98 Å². The molecule has 2 nitrogen and oxygen atoms in total. The van der Waals surface area contributed by atoms with E-state index in [1.165, 1.54) is 0 Å². The molecule has 0 amide bonds. The van der Waals surface area contributed by atoms with Gasteiger partial charge in [0.1, 0.15) is 5.41 Å². The van der Waals surface area contributed by atoms with Crippen LogP contribution in [0.15, 0.2) is 71.1 Å². The third-order valence-electron chi connectivity index (χ3n) is 2.25. The fraction of sp³-hybridized carbons (Fsp3) is 0.0714. The Labute approximate surface area is 104 Å². The minimum atomic E-state index is -1.07. The number of aromatic nitrogens is 1. The lowest BCUT2D eigenvalue weighted by molar-refractivity contribution is 0.603. The Morgan fingerprint density at radius 2 is 1.82 bits per heavy atom. The van der Waals surface area contributed by atoms with Gasteiger partial charge in [-0.2, -0.15) is 0 Å². The maximum absolute atomic E-state index is 11.8. The second-order valence-electron chi connectivity index (χ2n) is 3.51. The van der Waals surface area contributed by atoms with Gasteiger partial charge in [0.15, 0.2) is 4.90 Å². The Hall–Kier alpha value is -1.58. The van der Waals surface area contributed by atoms with Crippen molar-refractivity contribution in [3.63, 3.8) is 0 Å². The first-order valence-electron chi connectivity index (χ1n) is 5.38. The molecule has 3 heteroatoms.